The summed E-state index contributed by atoms with van der Waals surface area (Å²) >= 11 is 11.8. The molecule has 0 radical (unpaired) electrons. The highest BCUT2D eigenvalue weighted by molar-refractivity contribution is 7.89. The molecule has 0 saturated carbocycles. The first-order valence-corrected chi connectivity index (χ1v) is 8.17. The summed E-state index contributed by atoms with van der Waals surface area (Å²) in [6.07, 6.45) is 2.78. The molecule has 1 saturated heterocycles. The van der Waals surface area contributed by atoms with Crippen LogP contribution >= 0.6 is 23.2 Å². The lowest BCUT2D eigenvalue weighted by atomic mass is 10.1. The van der Waals surface area contributed by atoms with Gasteiger partial charge in [0.25, 0.3) is 0 Å². The van der Waals surface area contributed by atoms with E-state index in [4.69, 9.17) is 23.2 Å². The van der Waals surface area contributed by atoms with Crippen LogP contribution in [0.4, 0.5) is 0 Å². The Balaban J connectivity index is 2.34. The molecule has 0 aliphatic carbocycles. The zero-order valence-corrected chi connectivity index (χ0v) is 12.7. The van der Waals surface area contributed by atoms with Crippen LogP contribution in [0.15, 0.2) is 28.1 Å². The van der Waals surface area contributed by atoms with E-state index in [-0.39, 0.29) is 22.5 Å². The van der Waals surface area contributed by atoms with Gasteiger partial charge in [0.05, 0.1) is 11.1 Å². The van der Waals surface area contributed by atoms with Crippen molar-refractivity contribution in [1.29, 1.82) is 0 Å². The van der Waals surface area contributed by atoms with Gasteiger partial charge in [-0.15, -0.1) is 0 Å². The smallest absolute Gasteiger partial charge is 0.211 e. The predicted molar refractivity (Wildman–Crippen MR) is 76.4 cm³/mol. The van der Waals surface area contributed by atoms with Crippen molar-refractivity contribution in [2.45, 2.75) is 23.8 Å². The van der Waals surface area contributed by atoms with Crippen LogP contribution in [0, 0.1) is 0 Å². The molecule has 20 heavy (non-hydrogen) atoms. The van der Waals surface area contributed by atoms with Gasteiger partial charge in [0.2, 0.25) is 16.1 Å². The van der Waals surface area contributed by atoms with Crippen molar-refractivity contribution in [1.82, 2.24) is 4.31 Å². The predicted octanol–water partition coefficient (Wildman–Crippen LogP) is 2.48. The number of benzene rings is 1. The Morgan fingerprint density at radius 1 is 1.35 bits per heavy atom. The van der Waals surface area contributed by atoms with E-state index in [1.807, 2.05) is 0 Å². The first-order valence-electron chi connectivity index (χ1n) is 5.97. The van der Waals surface area contributed by atoms with Crippen LogP contribution in [0.25, 0.3) is 0 Å². The van der Waals surface area contributed by atoms with E-state index in [9.17, 15) is 13.2 Å². The lowest BCUT2D eigenvalue weighted by Gasteiger charge is -2.29. The number of hydrogen-bond donors (Lipinski definition) is 0. The average Bonchev–Trinajstić information content (AvgIpc) is 2.42. The molecule has 1 aliphatic heterocycles. The van der Waals surface area contributed by atoms with E-state index in [0.717, 1.165) is 0 Å². The highest BCUT2D eigenvalue weighted by atomic mass is 35.5. The first kappa shape index (κ1) is 15.5. The number of rotatable bonds is 3. The molecule has 1 atom stereocenters. The maximum atomic E-state index is 12.6. The summed E-state index contributed by atoms with van der Waals surface area (Å²) in [4.78, 5) is 13.9. The third-order valence-corrected chi connectivity index (χ3v) is 5.69. The summed E-state index contributed by atoms with van der Waals surface area (Å²) in [5.41, 5.74) is 0. The Hall–Kier alpha value is -0.910. The molecule has 0 amide bonds. The Bertz CT molecular complexity index is 657. The molecule has 0 aromatic heterocycles. The zero-order valence-electron chi connectivity index (χ0n) is 10.4. The fraction of sp³-hybridized carbons (Fsp3) is 0.417. The van der Waals surface area contributed by atoms with Gasteiger partial charge in [0.1, 0.15) is 4.90 Å². The van der Waals surface area contributed by atoms with E-state index in [1.165, 1.54) is 28.6 Å². The van der Waals surface area contributed by atoms with Gasteiger partial charge in [-0.1, -0.05) is 23.2 Å². The summed E-state index contributed by atoms with van der Waals surface area (Å²) in [5.74, 6) is 0. The number of hydrogen-bond acceptors (Lipinski definition) is 4. The fourth-order valence-electron chi connectivity index (χ4n) is 2.13. The second-order valence-electron chi connectivity index (χ2n) is 4.45. The number of nitrogens with zero attached hydrogens (tertiary/aromatic N) is 2. The van der Waals surface area contributed by atoms with Gasteiger partial charge in [-0.25, -0.2) is 18.2 Å². The molecular weight excluding hydrogens is 323 g/mol. The molecule has 0 bridgehead atoms. The Labute approximate surface area is 127 Å². The maximum absolute atomic E-state index is 12.6. The number of aliphatic imine (C=N–C) groups is 1. The van der Waals surface area contributed by atoms with Crippen molar-refractivity contribution >= 4 is 39.3 Å². The molecule has 2 rings (SSSR count). The summed E-state index contributed by atoms with van der Waals surface area (Å²) < 4.78 is 26.4. The Kier molecular flexibility index (Phi) is 4.83. The topological polar surface area (TPSA) is 66.8 Å². The number of piperidine rings is 1. The zero-order chi connectivity index (χ0) is 14.8. The number of sulfonamides is 1. The van der Waals surface area contributed by atoms with Gasteiger partial charge in [0, 0.05) is 18.1 Å². The molecule has 1 aromatic rings. The van der Waals surface area contributed by atoms with Gasteiger partial charge in [-0.2, -0.15) is 4.31 Å². The van der Waals surface area contributed by atoms with Gasteiger partial charge >= 0.3 is 0 Å². The van der Waals surface area contributed by atoms with E-state index in [2.05, 4.69) is 4.99 Å². The van der Waals surface area contributed by atoms with Gasteiger partial charge in [-0.05, 0) is 31.0 Å². The third-order valence-electron chi connectivity index (χ3n) is 3.11. The van der Waals surface area contributed by atoms with Gasteiger partial charge in [-0.3, -0.25) is 0 Å². The van der Waals surface area contributed by atoms with Gasteiger partial charge in [0.15, 0.2) is 0 Å². The third kappa shape index (κ3) is 3.22. The number of isocyanates is 1. The van der Waals surface area contributed by atoms with Crippen LogP contribution in [-0.2, 0) is 14.8 Å². The van der Waals surface area contributed by atoms with E-state index in [0.29, 0.717) is 24.4 Å². The van der Waals surface area contributed by atoms with E-state index < -0.39 is 10.0 Å². The standard InChI is InChI=1S/C12H12Cl2N2O3S/c13-9-3-4-11(14)12(6-9)20(18,19)16-5-1-2-10(7-16)15-8-17/h3-4,6,10H,1-2,5,7H2. The molecule has 8 heteroatoms. The normalized spacial score (nSPS) is 20.4. The lowest BCUT2D eigenvalue weighted by molar-refractivity contribution is 0.316. The highest BCUT2D eigenvalue weighted by Gasteiger charge is 2.31. The molecule has 1 aliphatic rings. The molecule has 1 heterocycles. The number of carbonyl (C=O) groups excluding carboxylic acids is 1. The second-order valence-corrected chi connectivity index (χ2v) is 7.20. The monoisotopic (exact) mass is 334 g/mol. The summed E-state index contributed by atoms with van der Waals surface area (Å²) in [6.45, 7) is 0.524. The SMILES string of the molecule is O=C=NC1CCCN(S(=O)(=O)c2cc(Cl)ccc2Cl)C1. The molecule has 1 unspecified atom stereocenters. The van der Waals surface area contributed by atoms with Crippen molar-refractivity contribution < 1.29 is 13.2 Å². The first-order chi connectivity index (χ1) is 9.45. The Morgan fingerprint density at radius 2 is 2.10 bits per heavy atom. The highest BCUT2D eigenvalue weighted by Crippen LogP contribution is 2.29. The molecular formula is C12H12Cl2N2O3S. The summed E-state index contributed by atoms with van der Waals surface area (Å²) in [7, 11) is -3.74. The number of halogens is 2. The van der Waals surface area contributed by atoms with Crippen molar-refractivity contribution in [2.24, 2.45) is 4.99 Å². The van der Waals surface area contributed by atoms with Crippen molar-refractivity contribution in [3.8, 4) is 0 Å². The molecule has 108 valence electrons. The lowest BCUT2D eigenvalue weighted by Crippen LogP contribution is -2.41. The van der Waals surface area contributed by atoms with E-state index >= 15 is 0 Å². The molecule has 1 aromatic carbocycles. The molecule has 1 fully saturated rings. The summed E-state index contributed by atoms with van der Waals surface area (Å²) in [5, 5.41) is 0.419. The van der Waals surface area contributed by atoms with Crippen molar-refractivity contribution in [3.05, 3.63) is 28.2 Å². The average molecular weight is 335 g/mol. The quantitative estimate of drug-likeness (QED) is 0.630. The van der Waals surface area contributed by atoms with Crippen LogP contribution < -0.4 is 0 Å². The Morgan fingerprint density at radius 3 is 2.80 bits per heavy atom. The minimum absolute atomic E-state index is 0.0256. The van der Waals surface area contributed by atoms with Gasteiger partial charge < -0.3 is 0 Å². The summed E-state index contributed by atoms with van der Waals surface area (Å²) in [6, 6.07) is 3.95. The minimum Gasteiger partial charge on any atom is -0.211 e. The molecule has 5 nitrogen and oxygen atoms in total. The largest absolute Gasteiger partial charge is 0.244 e. The molecule has 0 spiro atoms. The second kappa shape index (κ2) is 6.24. The van der Waals surface area contributed by atoms with Crippen LogP contribution in [0.1, 0.15) is 12.8 Å². The van der Waals surface area contributed by atoms with Crippen LogP contribution in [-0.4, -0.2) is 37.9 Å². The van der Waals surface area contributed by atoms with Crippen molar-refractivity contribution in [3.63, 3.8) is 0 Å². The fourth-order valence-corrected chi connectivity index (χ4v) is 4.39. The van der Waals surface area contributed by atoms with E-state index in [1.54, 1.807) is 0 Å². The van der Waals surface area contributed by atoms with Crippen molar-refractivity contribution in [2.75, 3.05) is 13.1 Å². The van der Waals surface area contributed by atoms with Crippen LogP contribution in [0.3, 0.4) is 0 Å². The molecule has 0 N–H and O–H groups in total. The van der Waals surface area contributed by atoms with Crippen LogP contribution in [0.5, 0.6) is 0 Å². The maximum Gasteiger partial charge on any atom is 0.244 e. The minimum atomic E-state index is -3.74. The van der Waals surface area contributed by atoms with Crippen LogP contribution in [0.2, 0.25) is 10.0 Å².